The van der Waals surface area contributed by atoms with E-state index in [2.05, 4.69) is 0 Å². The minimum absolute atomic E-state index is 0.0312. The number of nitrogens with two attached hydrogens (primary N) is 1. The summed E-state index contributed by atoms with van der Waals surface area (Å²) < 4.78 is 39.0. The SMILES string of the molecule is NS(=O)(=O)c1ccc(OC[C@@H](O)COc2cccc(CC3(C(=O)O)CCCO3)c2)cc1. The summed E-state index contributed by atoms with van der Waals surface area (Å²) in [5.41, 5.74) is -0.437. The van der Waals surface area contributed by atoms with E-state index in [1.165, 1.54) is 24.3 Å². The molecule has 0 radical (unpaired) electrons. The van der Waals surface area contributed by atoms with E-state index in [9.17, 15) is 23.4 Å². The van der Waals surface area contributed by atoms with E-state index < -0.39 is 27.7 Å². The van der Waals surface area contributed by atoms with Crippen LogP contribution in [0.1, 0.15) is 18.4 Å². The number of primary sulfonamides is 1. The second-order valence-electron chi connectivity index (χ2n) is 7.37. The smallest absolute Gasteiger partial charge is 0.336 e. The van der Waals surface area contributed by atoms with E-state index in [1.807, 2.05) is 6.07 Å². The third kappa shape index (κ3) is 6.17. The Morgan fingerprint density at radius 3 is 2.39 bits per heavy atom. The number of carboxylic acids is 1. The van der Waals surface area contributed by atoms with Gasteiger partial charge in [-0.3, -0.25) is 0 Å². The Morgan fingerprint density at radius 1 is 1.13 bits per heavy atom. The van der Waals surface area contributed by atoms with Crippen molar-refractivity contribution in [1.82, 2.24) is 0 Å². The lowest BCUT2D eigenvalue weighted by molar-refractivity contribution is -0.159. The van der Waals surface area contributed by atoms with Gasteiger partial charge in [-0.25, -0.2) is 18.4 Å². The number of carbonyl (C=O) groups is 1. The Bertz CT molecular complexity index is 1000. The Labute approximate surface area is 180 Å². The van der Waals surface area contributed by atoms with Crippen molar-refractivity contribution in [2.75, 3.05) is 19.8 Å². The first kappa shape index (κ1) is 23.0. The van der Waals surface area contributed by atoms with Gasteiger partial charge in [-0.15, -0.1) is 0 Å². The molecule has 4 N–H and O–H groups in total. The molecule has 1 aliphatic rings. The van der Waals surface area contributed by atoms with Crippen LogP contribution >= 0.6 is 0 Å². The van der Waals surface area contributed by atoms with Gasteiger partial charge in [0.15, 0.2) is 5.60 Å². The van der Waals surface area contributed by atoms with Gasteiger partial charge in [0, 0.05) is 13.0 Å². The van der Waals surface area contributed by atoms with Gasteiger partial charge in [-0.05, 0) is 54.8 Å². The molecule has 0 aromatic heterocycles. The Hall–Kier alpha value is -2.66. The van der Waals surface area contributed by atoms with Crippen molar-refractivity contribution in [1.29, 1.82) is 0 Å². The molecule has 0 amide bonds. The Morgan fingerprint density at radius 2 is 1.81 bits per heavy atom. The van der Waals surface area contributed by atoms with Crippen molar-refractivity contribution < 1.29 is 37.6 Å². The molecular formula is C21H25NO8S. The van der Waals surface area contributed by atoms with Crippen LogP contribution in [0.3, 0.4) is 0 Å². The fourth-order valence-electron chi connectivity index (χ4n) is 3.31. The fraction of sp³-hybridized carbons (Fsp3) is 0.381. The van der Waals surface area contributed by atoms with Crippen LogP contribution < -0.4 is 14.6 Å². The van der Waals surface area contributed by atoms with Crippen molar-refractivity contribution in [2.24, 2.45) is 5.14 Å². The third-order valence-electron chi connectivity index (χ3n) is 4.92. The summed E-state index contributed by atoms with van der Waals surface area (Å²) >= 11 is 0. The van der Waals surface area contributed by atoms with Crippen LogP contribution in [0.5, 0.6) is 11.5 Å². The van der Waals surface area contributed by atoms with Gasteiger partial charge >= 0.3 is 5.97 Å². The van der Waals surface area contributed by atoms with Gasteiger partial charge < -0.3 is 24.4 Å². The van der Waals surface area contributed by atoms with Gasteiger partial charge in [-0.1, -0.05) is 12.1 Å². The topological polar surface area (TPSA) is 145 Å². The summed E-state index contributed by atoms with van der Waals surface area (Å²) in [6, 6.07) is 12.5. The summed E-state index contributed by atoms with van der Waals surface area (Å²) in [7, 11) is -3.78. The highest BCUT2D eigenvalue weighted by atomic mass is 32.2. The van der Waals surface area contributed by atoms with E-state index in [0.717, 1.165) is 5.56 Å². The Kier molecular flexibility index (Phi) is 7.16. The summed E-state index contributed by atoms with van der Waals surface area (Å²) in [4.78, 5) is 11.6. The number of carboxylic acid groups (broad SMARTS) is 1. The molecule has 2 aromatic carbocycles. The standard InChI is InChI=1S/C21H25NO8S/c22-31(26,27)19-7-5-17(6-8-19)28-13-16(23)14-29-18-4-1-3-15(11-18)12-21(20(24)25)9-2-10-30-21/h1,3-8,11,16,23H,2,9-10,12-14H2,(H,24,25)(H2,22,26,27)/t16-,21?/m1/s1. The predicted octanol–water partition coefficient (Wildman–Crippen LogP) is 1.33. The van der Waals surface area contributed by atoms with Gasteiger partial charge in [0.05, 0.1) is 4.90 Å². The summed E-state index contributed by atoms with van der Waals surface area (Å²) in [6.07, 6.45) is 0.464. The second-order valence-corrected chi connectivity index (χ2v) is 8.93. The molecule has 1 saturated heterocycles. The quantitative estimate of drug-likeness (QED) is 0.490. The minimum atomic E-state index is -3.78. The average Bonchev–Trinajstić information content (AvgIpc) is 3.20. The predicted molar refractivity (Wildman–Crippen MR) is 111 cm³/mol. The largest absolute Gasteiger partial charge is 0.491 e. The molecule has 0 spiro atoms. The summed E-state index contributed by atoms with van der Waals surface area (Å²) in [5.74, 6) is -0.0995. The van der Waals surface area contributed by atoms with Crippen molar-refractivity contribution in [3.63, 3.8) is 0 Å². The first-order valence-corrected chi connectivity index (χ1v) is 11.3. The number of aliphatic hydroxyl groups is 1. The van der Waals surface area contributed by atoms with Crippen molar-refractivity contribution in [3.05, 3.63) is 54.1 Å². The van der Waals surface area contributed by atoms with Crippen molar-refractivity contribution >= 4 is 16.0 Å². The zero-order chi connectivity index (χ0) is 22.5. The van der Waals surface area contributed by atoms with Crippen LogP contribution in [-0.4, -0.2) is 56.1 Å². The van der Waals surface area contributed by atoms with Gasteiger partial charge in [0.2, 0.25) is 10.0 Å². The number of rotatable bonds is 10. The van der Waals surface area contributed by atoms with Crippen LogP contribution in [-0.2, 0) is 26.0 Å². The maximum atomic E-state index is 11.6. The normalized spacial score (nSPS) is 19.7. The molecular weight excluding hydrogens is 426 g/mol. The van der Waals surface area contributed by atoms with Crippen LogP contribution in [0, 0.1) is 0 Å². The number of aliphatic hydroxyl groups excluding tert-OH is 1. The zero-order valence-electron chi connectivity index (χ0n) is 16.8. The van der Waals surface area contributed by atoms with Crippen molar-refractivity contribution in [3.8, 4) is 11.5 Å². The highest BCUT2D eigenvalue weighted by molar-refractivity contribution is 7.89. The third-order valence-corrected chi connectivity index (χ3v) is 5.85. The molecule has 1 aliphatic heterocycles. The molecule has 2 atom stereocenters. The van der Waals surface area contributed by atoms with Crippen LogP contribution in [0.4, 0.5) is 0 Å². The number of ether oxygens (including phenoxy) is 3. The first-order chi connectivity index (χ1) is 14.7. The molecule has 1 heterocycles. The first-order valence-electron chi connectivity index (χ1n) is 9.71. The molecule has 9 nitrogen and oxygen atoms in total. The van der Waals surface area contributed by atoms with Crippen LogP contribution in [0.15, 0.2) is 53.4 Å². The molecule has 168 valence electrons. The number of benzene rings is 2. The molecule has 31 heavy (non-hydrogen) atoms. The van der Waals surface area contributed by atoms with E-state index in [0.29, 0.717) is 30.9 Å². The van der Waals surface area contributed by atoms with E-state index in [-0.39, 0.29) is 24.5 Å². The second kappa shape index (κ2) is 9.65. The average molecular weight is 451 g/mol. The highest BCUT2D eigenvalue weighted by Crippen LogP contribution is 2.31. The molecule has 10 heteroatoms. The maximum absolute atomic E-state index is 11.6. The van der Waals surface area contributed by atoms with Gasteiger partial charge in [0.1, 0.15) is 30.8 Å². The van der Waals surface area contributed by atoms with Gasteiger partial charge in [-0.2, -0.15) is 0 Å². The summed E-state index contributed by atoms with van der Waals surface area (Å²) in [5, 5.41) is 24.7. The monoisotopic (exact) mass is 451 g/mol. The number of sulfonamides is 1. The van der Waals surface area contributed by atoms with Crippen molar-refractivity contribution in [2.45, 2.75) is 35.9 Å². The number of hydrogen-bond donors (Lipinski definition) is 3. The summed E-state index contributed by atoms with van der Waals surface area (Å²) in [6.45, 7) is 0.323. The molecule has 2 aromatic rings. The molecule has 0 saturated carbocycles. The number of hydrogen-bond acceptors (Lipinski definition) is 7. The van der Waals surface area contributed by atoms with Gasteiger partial charge in [0.25, 0.3) is 0 Å². The highest BCUT2D eigenvalue weighted by Gasteiger charge is 2.42. The lowest BCUT2D eigenvalue weighted by Gasteiger charge is -2.23. The molecule has 1 fully saturated rings. The molecule has 3 rings (SSSR count). The maximum Gasteiger partial charge on any atom is 0.336 e. The van der Waals surface area contributed by atoms with E-state index in [1.54, 1.807) is 18.2 Å². The van der Waals surface area contributed by atoms with E-state index >= 15 is 0 Å². The fourth-order valence-corrected chi connectivity index (χ4v) is 3.83. The zero-order valence-corrected chi connectivity index (χ0v) is 17.6. The van der Waals surface area contributed by atoms with Crippen LogP contribution in [0.25, 0.3) is 0 Å². The lowest BCUT2D eigenvalue weighted by Crippen LogP contribution is -2.40. The van der Waals surface area contributed by atoms with E-state index in [4.69, 9.17) is 19.3 Å². The number of aliphatic carboxylic acids is 1. The minimum Gasteiger partial charge on any atom is -0.491 e. The Balaban J connectivity index is 1.50. The van der Waals surface area contributed by atoms with Crippen LogP contribution in [0.2, 0.25) is 0 Å². The lowest BCUT2D eigenvalue weighted by atomic mass is 9.91. The molecule has 0 aliphatic carbocycles. The molecule has 1 unspecified atom stereocenters. The molecule has 0 bridgehead atoms.